The summed E-state index contributed by atoms with van der Waals surface area (Å²) in [6, 6.07) is 0. The number of carbonyl (C=O) groups excluding carboxylic acids is 1. The number of aliphatic carboxylic acids is 1. The van der Waals surface area contributed by atoms with Crippen LogP contribution in [0.3, 0.4) is 0 Å². The summed E-state index contributed by atoms with van der Waals surface area (Å²) < 4.78 is 10.3. The highest BCUT2D eigenvalue weighted by molar-refractivity contribution is 5.71. The molecule has 1 heterocycles. The first-order chi connectivity index (χ1) is 8.29. The molecule has 18 heavy (non-hydrogen) atoms. The standard InChI is InChI=1S/C12H21NO5/c1-12(2,3)18-11(16)13-6-8-7-17-5-4-9(8)10(14)15/h8-9H,4-7H2,1-3H3,(H,13,16)(H,14,15)/t8-,9+/m1/s1. The van der Waals surface area contributed by atoms with Crippen LogP contribution in [0.2, 0.25) is 0 Å². The number of carbonyl (C=O) groups is 2. The molecule has 1 saturated heterocycles. The van der Waals surface area contributed by atoms with Crippen molar-refractivity contribution in [3.63, 3.8) is 0 Å². The SMILES string of the molecule is CC(C)(C)OC(=O)NC[C@@H]1COCC[C@@H]1C(=O)O. The van der Waals surface area contributed by atoms with Gasteiger partial charge in [0, 0.05) is 19.1 Å². The summed E-state index contributed by atoms with van der Waals surface area (Å²) in [6.45, 7) is 6.39. The molecule has 2 N–H and O–H groups in total. The summed E-state index contributed by atoms with van der Waals surface area (Å²) >= 11 is 0. The second-order valence-electron chi connectivity index (χ2n) is 5.45. The zero-order valence-electron chi connectivity index (χ0n) is 11.1. The fourth-order valence-electron chi connectivity index (χ4n) is 1.85. The first-order valence-electron chi connectivity index (χ1n) is 6.07. The Balaban J connectivity index is 2.41. The Morgan fingerprint density at radius 3 is 2.67 bits per heavy atom. The third kappa shape index (κ3) is 4.91. The molecule has 104 valence electrons. The van der Waals surface area contributed by atoms with Crippen LogP contribution < -0.4 is 5.32 Å². The van der Waals surface area contributed by atoms with Gasteiger partial charge in [-0.3, -0.25) is 4.79 Å². The van der Waals surface area contributed by atoms with E-state index in [0.717, 1.165) is 0 Å². The lowest BCUT2D eigenvalue weighted by molar-refractivity contribution is -0.148. The van der Waals surface area contributed by atoms with Crippen molar-refractivity contribution >= 4 is 12.1 Å². The van der Waals surface area contributed by atoms with Crippen LogP contribution in [0, 0.1) is 11.8 Å². The normalized spacial score (nSPS) is 24.4. The van der Waals surface area contributed by atoms with E-state index in [1.165, 1.54) is 0 Å². The number of nitrogens with one attached hydrogen (secondary N) is 1. The second kappa shape index (κ2) is 6.04. The quantitative estimate of drug-likeness (QED) is 0.796. The van der Waals surface area contributed by atoms with Gasteiger partial charge < -0.3 is 19.9 Å². The molecular weight excluding hydrogens is 238 g/mol. The van der Waals surface area contributed by atoms with Gasteiger partial charge in [-0.15, -0.1) is 0 Å². The second-order valence-corrected chi connectivity index (χ2v) is 5.45. The zero-order valence-corrected chi connectivity index (χ0v) is 11.1. The topological polar surface area (TPSA) is 84.9 Å². The van der Waals surface area contributed by atoms with Gasteiger partial charge in [-0.25, -0.2) is 4.79 Å². The maximum absolute atomic E-state index is 11.5. The van der Waals surface area contributed by atoms with Crippen LogP contribution in [-0.2, 0) is 14.3 Å². The van der Waals surface area contributed by atoms with E-state index in [0.29, 0.717) is 19.6 Å². The van der Waals surface area contributed by atoms with Crippen molar-refractivity contribution < 1.29 is 24.2 Å². The number of carboxylic acids is 1. The van der Waals surface area contributed by atoms with Crippen LogP contribution >= 0.6 is 0 Å². The fraction of sp³-hybridized carbons (Fsp3) is 0.833. The Morgan fingerprint density at radius 1 is 1.44 bits per heavy atom. The number of ether oxygens (including phenoxy) is 2. The van der Waals surface area contributed by atoms with Gasteiger partial charge in [0.1, 0.15) is 5.60 Å². The predicted molar refractivity (Wildman–Crippen MR) is 64.3 cm³/mol. The Hall–Kier alpha value is -1.30. The number of alkyl carbamates (subject to hydrolysis) is 1. The van der Waals surface area contributed by atoms with Gasteiger partial charge in [0.2, 0.25) is 0 Å². The van der Waals surface area contributed by atoms with Crippen LogP contribution in [-0.4, -0.2) is 42.5 Å². The Bertz CT molecular complexity index is 310. The van der Waals surface area contributed by atoms with Crippen molar-refractivity contribution in [1.29, 1.82) is 0 Å². The smallest absolute Gasteiger partial charge is 0.407 e. The molecule has 0 aromatic rings. The molecular formula is C12H21NO5. The van der Waals surface area contributed by atoms with Gasteiger partial charge >= 0.3 is 12.1 Å². The fourth-order valence-corrected chi connectivity index (χ4v) is 1.85. The third-order valence-electron chi connectivity index (χ3n) is 2.70. The first-order valence-corrected chi connectivity index (χ1v) is 6.07. The van der Waals surface area contributed by atoms with Crippen molar-refractivity contribution in [1.82, 2.24) is 5.32 Å². The molecule has 0 saturated carbocycles. The van der Waals surface area contributed by atoms with E-state index in [1.807, 2.05) is 0 Å². The Kier molecular flexibility index (Phi) is 4.95. The molecule has 1 amide bonds. The minimum Gasteiger partial charge on any atom is -0.481 e. The summed E-state index contributed by atoms with van der Waals surface area (Å²) in [4.78, 5) is 22.5. The average Bonchev–Trinajstić information content (AvgIpc) is 2.24. The largest absolute Gasteiger partial charge is 0.481 e. The average molecular weight is 259 g/mol. The predicted octanol–water partition coefficient (Wildman–Crippen LogP) is 1.25. The lowest BCUT2D eigenvalue weighted by atomic mass is 9.88. The summed E-state index contributed by atoms with van der Waals surface area (Å²) in [5.74, 6) is -1.51. The number of carboxylic acid groups (broad SMARTS) is 1. The highest BCUT2D eigenvalue weighted by Crippen LogP contribution is 2.21. The first kappa shape index (κ1) is 14.8. The van der Waals surface area contributed by atoms with Gasteiger partial charge in [0.25, 0.3) is 0 Å². The molecule has 0 radical (unpaired) electrons. The van der Waals surface area contributed by atoms with E-state index in [9.17, 15) is 9.59 Å². The van der Waals surface area contributed by atoms with Crippen LogP contribution in [0.5, 0.6) is 0 Å². The lowest BCUT2D eigenvalue weighted by Crippen LogP contribution is -2.42. The molecule has 0 aromatic carbocycles. The molecule has 0 aromatic heterocycles. The lowest BCUT2D eigenvalue weighted by Gasteiger charge is -2.29. The van der Waals surface area contributed by atoms with E-state index in [2.05, 4.69) is 5.32 Å². The Morgan fingerprint density at radius 2 is 2.11 bits per heavy atom. The number of amides is 1. The van der Waals surface area contributed by atoms with Crippen LogP contribution in [0.15, 0.2) is 0 Å². The van der Waals surface area contributed by atoms with E-state index in [-0.39, 0.29) is 12.5 Å². The molecule has 2 atom stereocenters. The van der Waals surface area contributed by atoms with Gasteiger partial charge in [-0.2, -0.15) is 0 Å². The van der Waals surface area contributed by atoms with Crippen LogP contribution in [0.1, 0.15) is 27.2 Å². The number of hydrogen-bond donors (Lipinski definition) is 2. The van der Waals surface area contributed by atoms with Crippen LogP contribution in [0.4, 0.5) is 4.79 Å². The van der Waals surface area contributed by atoms with Crippen molar-refractivity contribution in [2.75, 3.05) is 19.8 Å². The molecule has 6 nitrogen and oxygen atoms in total. The number of rotatable bonds is 3. The van der Waals surface area contributed by atoms with Gasteiger partial charge in [-0.05, 0) is 27.2 Å². The summed E-state index contributed by atoms with van der Waals surface area (Å²) in [5.41, 5.74) is -0.556. The maximum atomic E-state index is 11.5. The molecule has 1 aliphatic heterocycles. The molecule has 6 heteroatoms. The molecule has 1 fully saturated rings. The van der Waals surface area contributed by atoms with Crippen molar-refractivity contribution in [3.05, 3.63) is 0 Å². The van der Waals surface area contributed by atoms with Gasteiger partial charge in [0.15, 0.2) is 0 Å². The van der Waals surface area contributed by atoms with Crippen molar-refractivity contribution in [2.45, 2.75) is 32.8 Å². The molecule has 0 aliphatic carbocycles. The monoisotopic (exact) mass is 259 g/mol. The minimum atomic E-state index is -0.839. The highest BCUT2D eigenvalue weighted by Gasteiger charge is 2.32. The molecule has 1 aliphatic rings. The molecule has 0 spiro atoms. The van der Waals surface area contributed by atoms with Crippen molar-refractivity contribution in [3.8, 4) is 0 Å². The van der Waals surface area contributed by atoms with Gasteiger partial charge in [-0.1, -0.05) is 0 Å². The van der Waals surface area contributed by atoms with Crippen LogP contribution in [0.25, 0.3) is 0 Å². The number of hydrogen-bond acceptors (Lipinski definition) is 4. The van der Waals surface area contributed by atoms with E-state index in [1.54, 1.807) is 20.8 Å². The molecule has 0 unspecified atom stereocenters. The third-order valence-corrected chi connectivity index (χ3v) is 2.70. The van der Waals surface area contributed by atoms with E-state index >= 15 is 0 Å². The highest BCUT2D eigenvalue weighted by atomic mass is 16.6. The zero-order chi connectivity index (χ0) is 13.8. The van der Waals surface area contributed by atoms with E-state index < -0.39 is 23.6 Å². The molecule has 0 bridgehead atoms. The minimum absolute atomic E-state index is 0.205. The van der Waals surface area contributed by atoms with Gasteiger partial charge in [0.05, 0.1) is 12.5 Å². The van der Waals surface area contributed by atoms with Crippen molar-refractivity contribution in [2.24, 2.45) is 11.8 Å². The summed E-state index contributed by atoms with van der Waals surface area (Å²) in [7, 11) is 0. The van der Waals surface area contributed by atoms with E-state index in [4.69, 9.17) is 14.6 Å². The summed E-state index contributed by atoms with van der Waals surface area (Å²) in [6.07, 6.45) is -0.0482. The molecule has 1 rings (SSSR count). The Labute approximate surface area is 107 Å². The summed E-state index contributed by atoms with van der Waals surface area (Å²) in [5, 5.41) is 11.7. The maximum Gasteiger partial charge on any atom is 0.407 e.